The maximum atomic E-state index is 7.51. The largest absolute Gasteiger partial charge is 0.456 e. The molecule has 2 aliphatic heterocycles. The van der Waals surface area contributed by atoms with Crippen molar-refractivity contribution >= 4 is 112 Å². The number of fused-ring (bicyclic) bond motifs is 20. The topological polar surface area (TPSA) is 37.7 Å². The van der Waals surface area contributed by atoms with Gasteiger partial charge in [-0.05, 0) is 204 Å². The number of rotatable bonds is 4. The summed E-state index contributed by atoms with van der Waals surface area (Å²) in [4.78, 5) is 5.18. The Morgan fingerprint density at radius 2 is 0.989 bits per heavy atom. The van der Waals surface area contributed by atoms with Crippen LogP contribution in [0.1, 0.15) is 156 Å². The molecule has 5 heterocycles. The molecule has 0 saturated heterocycles. The van der Waals surface area contributed by atoms with Crippen LogP contribution < -0.4 is 20.6 Å². The third-order valence-electron chi connectivity index (χ3n) is 21.7. The molecule has 17 rings (SSSR count). The molecule has 4 aliphatic rings. The van der Waals surface area contributed by atoms with Gasteiger partial charge in [0.1, 0.15) is 22.3 Å². The fourth-order valence-corrected chi connectivity index (χ4v) is 16.5. The lowest BCUT2D eigenvalue weighted by atomic mass is 9.43. The first kappa shape index (κ1) is 54.4. The SMILES string of the molecule is CC(C)(C)c1ccc(N2B3c4cc5oc6ccccc6c5cc4-n4c5cc6c(cc5c5c7oc8ccccc8c7c(c3c54)-c3cc4c(cc32)C(C)(C)c2cc(N(c3ccc(C(C)(C)C)cc3)c3ccc(C(C)(C)C)cc3)ccc2-4)C(C)(C)CCC6(C)C)cc1. The molecule has 5 nitrogen and oxygen atoms in total. The van der Waals surface area contributed by atoms with E-state index in [0.29, 0.717) is 0 Å². The van der Waals surface area contributed by atoms with Crippen LogP contribution in [0.4, 0.5) is 28.4 Å². The van der Waals surface area contributed by atoms with Gasteiger partial charge < -0.3 is 23.1 Å². The van der Waals surface area contributed by atoms with Crippen LogP contribution in [0, 0.1) is 0 Å². The summed E-state index contributed by atoms with van der Waals surface area (Å²) in [6.07, 6.45) is 2.26. The highest BCUT2D eigenvalue weighted by atomic mass is 16.3. The number of nitrogens with zero attached hydrogens (tertiary/aromatic N) is 3. The van der Waals surface area contributed by atoms with E-state index < -0.39 is 0 Å². The van der Waals surface area contributed by atoms with Crippen LogP contribution in [-0.2, 0) is 32.5 Å². The molecule has 0 fully saturated rings. The monoisotopic (exact) mass is 1160 g/mol. The van der Waals surface area contributed by atoms with Crippen molar-refractivity contribution in [3.63, 3.8) is 0 Å². The number of aromatic nitrogens is 1. The van der Waals surface area contributed by atoms with Crippen molar-refractivity contribution in [2.45, 2.75) is 149 Å². The van der Waals surface area contributed by atoms with Crippen LogP contribution in [0.2, 0.25) is 0 Å². The van der Waals surface area contributed by atoms with Crippen molar-refractivity contribution in [2.24, 2.45) is 0 Å². The molecule has 2 aliphatic carbocycles. The van der Waals surface area contributed by atoms with E-state index in [9.17, 15) is 0 Å². The van der Waals surface area contributed by atoms with Gasteiger partial charge in [0.25, 0.3) is 0 Å². The van der Waals surface area contributed by atoms with E-state index in [0.717, 1.165) is 74.1 Å². The zero-order chi connectivity index (χ0) is 61.5. The van der Waals surface area contributed by atoms with Gasteiger partial charge >= 0.3 is 6.85 Å². The molecule has 0 spiro atoms. The second kappa shape index (κ2) is 17.8. The summed E-state index contributed by atoms with van der Waals surface area (Å²) >= 11 is 0. The third kappa shape index (κ3) is 7.62. The Morgan fingerprint density at radius 1 is 0.438 bits per heavy atom. The van der Waals surface area contributed by atoms with Gasteiger partial charge in [0.05, 0.1) is 16.4 Å². The molecule has 13 aromatic rings. The van der Waals surface area contributed by atoms with Crippen molar-refractivity contribution in [3.8, 4) is 27.9 Å². The molecule has 10 aromatic carbocycles. The maximum Gasteiger partial charge on any atom is 0.333 e. The number of benzene rings is 10. The zero-order valence-electron chi connectivity index (χ0n) is 54.4. The van der Waals surface area contributed by atoms with Gasteiger partial charge in [-0.25, -0.2) is 0 Å². The Balaban J connectivity index is 0.986. The zero-order valence-corrected chi connectivity index (χ0v) is 54.4. The van der Waals surface area contributed by atoms with Crippen LogP contribution in [0.15, 0.2) is 185 Å². The second-order valence-corrected chi connectivity index (χ2v) is 31.6. The third-order valence-corrected chi connectivity index (χ3v) is 21.7. The molecule has 440 valence electrons. The van der Waals surface area contributed by atoms with Crippen LogP contribution in [0.25, 0.3) is 93.6 Å². The number of hydrogen-bond donors (Lipinski definition) is 0. The lowest BCUT2D eigenvalue weighted by molar-refractivity contribution is 0.332. The Hall–Kier alpha value is -8.74. The van der Waals surface area contributed by atoms with Crippen LogP contribution in [0.5, 0.6) is 0 Å². The number of hydrogen-bond acceptors (Lipinski definition) is 4. The minimum atomic E-state index is -0.380. The highest BCUT2D eigenvalue weighted by Crippen LogP contribution is 2.59. The average Bonchev–Trinajstić information content (AvgIpc) is 1.56. The van der Waals surface area contributed by atoms with Gasteiger partial charge in [0.15, 0.2) is 0 Å². The molecule has 6 heteroatoms. The average molecular weight is 1160 g/mol. The Labute approximate surface area is 524 Å². The van der Waals surface area contributed by atoms with Crippen molar-refractivity contribution in [1.29, 1.82) is 0 Å². The summed E-state index contributed by atoms with van der Waals surface area (Å²) in [7, 11) is 0. The summed E-state index contributed by atoms with van der Waals surface area (Å²) in [5.41, 5.74) is 29.7. The summed E-state index contributed by atoms with van der Waals surface area (Å²) in [5, 5.41) is 7.01. The molecule has 0 saturated carbocycles. The fraction of sp³-hybridized carbons (Fsp3) is 0.277. The first-order valence-corrected chi connectivity index (χ1v) is 32.5. The lowest BCUT2D eigenvalue weighted by Gasteiger charge is -2.43. The normalized spacial score (nSPS) is 16.2. The van der Waals surface area contributed by atoms with E-state index in [1.165, 1.54) is 111 Å². The predicted molar refractivity (Wildman–Crippen MR) is 378 cm³/mol. The van der Waals surface area contributed by atoms with Crippen molar-refractivity contribution in [3.05, 3.63) is 215 Å². The number of para-hydroxylation sites is 2. The predicted octanol–water partition coefficient (Wildman–Crippen LogP) is 21.8. The van der Waals surface area contributed by atoms with Gasteiger partial charge in [-0.2, -0.15) is 0 Å². The molecular formula is C83H78BN3O2. The summed E-state index contributed by atoms with van der Waals surface area (Å²) in [6, 6.07) is 68.0. The van der Waals surface area contributed by atoms with Crippen LogP contribution >= 0.6 is 0 Å². The quantitative estimate of drug-likeness (QED) is 0.165. The fourth-order valence-electron chi connectivity index (χ4n) is 16.5. The molecule has 0 atom stereocenters. The maximum absolute atomic E-state index is 7.51. The first-order chi connectivity index (χ1) is 42.3. The van der Waals surface area contributed by atoms with E-state index in [1.807, 2.05) is 0 Å². The molecule has 0 radical (unpaired) electrons. The summed E-state index contributed by atoms with van der Waals surface area (Å²) in [5.74, 6) is 0. The van der Waals surface area contributed by atoms with Crippen molar-refractivity contribution < 1.29 is 8.83 Å². The molecular weight excluding hydrogens is 1080 g/mol. The Morgan fingerprint density at radius 3 is 1.61 bits per heavy atom. The van der Waals surface area contributed by atoms with Gasteiger partial charge in [-0.15, -0.1) is 0 Å². The van der Waals surface area contributed by atoms with E-state index in [1.54, 1.807) is 0 Å². The number of anilines is 5. The molecule has 89 heavy (non-hydrogen) atoms. The van der Waals surface area contributed by atoms with E-state index in [4.69, 9.17) is 8.83 Å². The van der Waals surface area contributed by atoms with Crippen molar-refractivity contribution in [1.82, 2.24) is 4.57 Å². The van der Waals surface area contributed by atoms with Crippen LogP contribution in [-0.4, -0.2) is 11.4 Å². The van der Waals surface area contributed by atoms with Gasteiger partial charge in [-0.1, -0.05) is 183 Å². The second-order valence-electron chi connectivity index (χ2n) is 31.6. The van der Waals surface area contributed by atoms with E-state index in [2.05, 4.69) is 294 Å². The number of furan rings is 2. The molecule has 0 amide bonds. The molecule has 0 bridgehead atoms. The summed E-state index contributed by atoms with van der Waals surface area (Å²) < 4.78 is 17.2. The minimum absolute atomic E-state index is 0.00891. The van der Waals surface area contributed by atoms with Gasteiger partial charge in [0, 0.05) is 72.0 Å². The Kier molecular flexibility index (Phi) is 10.9. The molecule has 0 N–H and O–H groups in total. The van der Waals surface area contributed by atoms with Gasteiger partial charge in [0.2, 0.25) is 0 Å². The first-order valence-electron chi connectivity index (χ1n) is 32.5. The van der Waals surface area contributed by atoms with E-state index >= 15 is 0 Å². The lowest BCUT2D eigenvalue weighted by Crippen LogP contribution is -2.60. The smallest absolute Gasteiger partial charge is 0.333 e. The highest BCUT2D eigenvalue weighted by Gasteiger charge is 2.49. The Bertz CT molecular complexity index is 5160. The molecule has 0 unspecified atom stereocenters. The van der Waals surface area contributed by atoms with E-state index in [-0.39, 0.29) is 39.3 Å². The van der Waals surface area contributed by atoms with Crippen LogP contribution in [0.3, 0.4) is 0 Å². The minimum Gasteiger partial charge on any atom is -0.456 e. The molecule has 3 aromatic heterocycles. The van der Waals surface area contributed by atoms with Crippen molar-refractivity contribution in [2.75, 3.05) is 9.71 Å². The summed E-state index contributed by atoms with van der Waals surface area (Å²) in [6.45, 7) is 35.2. The van der Waals surface area contributed by atoms with Gasteiger partial charge in [-0.3, -0.25) is 0 Å². The highest BCUT2D eigenvalue weighted by molar-refractivity contribution is 6.94. The standard InChI is InChI=1S/C83H78BN3O2/c1-78(2,3)47-24-30-50(31-25-47)85(51-32-26-48(27-33-51)79(4,5)6)53-36-37-54-57-41-59-67(44-62(57)83(14,15)61(54)40-53)87(52-34-28-49(29-35-52)80(7,8)9)84-65-46-71-58(55-20-16-18-22-69(55)88-71)43-68(65)86-66-45-64-63(81(10,11)38-39-82(64,12)13)42-60(66)74-76(86)75(84)72(59)73-56-21-17-19-23-70(56)89-77(73)74/h16-37,40-46H,38-39H2,1-15H3.